The number of hydrogen-bond acceptors (Lipinski definition) is 33. The summed E-state index contributed by atoms with van der Waals surface area (Å²) in [6.45, 7) is -2.88. The van der Waals surface area contributed by atoms with Gasteiger partial charge in [0.15, 0.2) is 76.0 Å². The van der Waals surface area contributed by atoms with E-state index in [1.165, 1.54) is 18.2 Å². The van der Waals surface area contributed by atoms with Crippen LogP contribution in [0.3, 0.4) is 0 Å². The van der Waals surface area contributed by atoms with Crippen LogP contribution in [-0.4, -0.2) is 258 Å². The monoisotopic (exact) mass is 1290 g/mol. The van der Waals surface area contributed by atoms with Crippen molar-refractivity contribution < 1.29 is 163 Å². The normalized spacial score (nSPS) is 31.9. The largest absolute Gasteiger partial charge is 0.504 e. The summed E-state index contributed by atoms with van der Waals surface area (Å²) in [6.07, 6.45) is -37.6. The molecule has 0 spiro atoms. The summed E-state index contributed by atoms with van der Waals surface area (Å²) in [5.74, 6) is -11.7. The molecule has 0 unspecified atom stereocenters. The van der Waals surface area contributed by atoms with Gasteiger partial charge >= 0.3 is 17.9 Å². The van der Waals surface area contributed by atoms with E-state index in [0.29, 0.717) is 0 Å². The fourth-order valence-corrected chi connectivity index (χ4v) is 9.76. The molecule has 34 heteroatoms. The van der Waals surface area contributed by atoms with Crippen LogP contribution in [0.1, 0.15) is 11.1 Å². The van der Waals surface area contributed by atoms with Gasteiger partial charge in [-0.15, -0.1) is 0 Å². The van der Waals surface area contributed by atoms with Crippen molar-refractivity contribution in [2.75, 3.05) is 19.8 Å². The number of phenolic OH excluding ortho intramolecular Hbond substituents is 6. The first-order valence-electron chi connectivity index (χ1n) is 27.1. The minimum Gasteiger partial charge on any atom is -0.504 e. The van der Waals surface area contributed by atoms with Gasteiger partial charge in [-0.25, -0.2) is 14.4 Å². The molecule has 5 aliphatic heterocycles. The number of phenols is 6. The second-order valence-corrected chi connectivity index (χ2v) is 20.9. The van der Waals surface area contributed by atoms with Crippen molar-refractivity contribution in [1.29, 1.82) is 0 Å². The molecular formula is C57H60O34. The number of carboxylic acid groups (broad SMARTS) is 1. The highest BCUT2D eigenvalue weighted by Gasteiger charge is 2.54. The van der Waals surface area contributed by atoms with Crippen LogP contribution in [-0.2, 0) is 47.5 Å². The first kappa shape index (κ1) is 66.9. The third-order valence-electron chi connectivity index (χ3n) is 14.7. The van der Waals surface area contributed by atoms with Crippen molar-refractivity contribution in [3.8, 4) is 74.4 Å². The summed E-state index contributed by atoms with van der Waals surface area (Å²) in [7, 11) is 0. The Morgan fingerprint density at radius 2 is 1.03 bits per heavy atom. The first-order chi connectivity index (χ1) is 43.2. The minimum absolute atomic E-state index is 0.151. The maximum Gasteiger partial charge on any atom is 0.335 e. The van der Waals surface area contributed by atoms with Crippen LogP contribution in [0.15, 0.2) is 88.1 Å². The summed E-state index contributed by atoms with van der Waals surface area (Å²) in [6, 6.07) is 11.3. The summed E-state index contributed by atoms with van der Waals surface area (Å²) < 4.78 is 62.9. The van der Waals surface area contributed by atoms with E-state index in [4.69, 9.17) is 51.8 Å². The van der Waals surface area contributed by atoms with Crippen LogP contribution in [0, 0.1) is 0 Å². The Kier molecular flexibility index (Phi) is 20.5. The molecule has 3 aromatic rings. The van der Waals surface area contributed by atoms with Gasteiger partial charge < -0.3 is 149 Å². The minimum atomic E-state index is -2.26. The summed E-state index contributed by atoms with van der Waals surface area (Å²) in [5.41, 5.74) is -1.58. The van der Waals surface area contributed by atoms with Gasteiger partial charge in [0.1, 0.15) is 97.5 Å². The van der Waals surface area contributed by atoms with Crippen LogP contribution in [0.5, 0.6) is 51.7 Å². The molecule has 1 aliphatic carbocycles. The number of benzene rings is 4. The molecule has 34 nitrogen and oxygen atoms in total. The molecule has 4 fully saturated rings. The van der Waals surface area contributed by atoms with Gasteiger partial charge in [-0.1, -0.05) is 12.1 Å². The van der Waals surface area contributed by atoms with E-state index in [1.807, 2.05) is 0 Å². The van der Waals surface area contributed by atoms with Gasteiger partial charge in [0.25, 0.3) is 0 Å². The summed E-state index contributed by atoms with van der Waals surface area (Å²) >= 11 is 0. The van der Waals surface area contributed by atoms with E-state index < -0.39 is 240 Å². The SMILES string of the molecule is O=C(C=Cc1ccc(O)c(O)c1)OC[C@H]1O[C@@H](Oc2cc3oc(-c4cc(O)c(O)c(O[C@@H]5O[C@@H](C(=O)O)[C@@H](O)[C@H](O)[C@@H]5O)c4)c(O[C@@H]4O[C@@H](CO)[C@H](O)[C@H](O)[C@@H]4O[C@@H]4O[C@H](CO)[C@@H](O)[C@H](O)[C@H]4OC(=O)C=Cc4ccc(O)c(O)c4)cc-3c(=O)c2)[C@@H](O)[C@@H](O)[C@@H]1O. The standard InChI is InChI=1S/C57H60O34/c58-16-33-40(70)45(75)52(91-57-51(44(74)39(69)34(17-59)87-57)89-37(67)8-4-20-2-6-25(61)28(64)10-20)56(86-33)85-32-15-23-26(62)13-22(82-54-47(77)42(72)41(71)35(88-54)18-81-36(66)7-3-19-1-5-24(60)27(63)9-19)14-30(23)83-49(32)21-11-29(65)38(68)31(12-21)84-55-48(78)43(73)46(76)50(90-55)53(79)80/h1-15,33-35,39-48,50-52,54-61,63-65,68-78H,16-18H2,(H,79,80)/t33-,34+,35+,39+,40-,41+,42-,43-,44-,45-,46-,47-,48-,50+,51+,52-,54+,55+,56+,57-/m0/s1. The summed E-state index contributed by atoms with van der Waals surface area (Å²) in [4.78, 5) is 52.1. The lowest BCUT2D eigenvalue weighted by atomic mass is 9.97. The molecule has 91 heavy (non-hydrogen) atoms. The van der Waals surface area contributed by atoms with Gasteiger partial charge in [0.05, 0.1) is 18.8 Å². The molecule has 6 aliphatic rings. The Labute approximate surface area is 509 Å². The average Bonchev–Trinajstić information content (AvgIpc) is 1.80. The van der Waals surface area contributed by atoms with E-state index in [1.54, 1.807) is 0 Å². The number of ether oxygens (including phenoxy) is 10. The zero-order valence-electron chi connectivity index (χ0n) is 46.4. The highest BCUT2D eigenvalue weighted by atomic mass is 16.8. The number of fused-ring (bicyclic) bond motifs is 1. The second-order valence-electron chi connectivity index (χ2n) is 20.9. The van der Waals surface area contributed by atoms with Gasteiger partial charge in [-0.3, -0.25) is 4.79 Å². The van der Waals surface area contributed by atoms with E-state index in [2.05, 4.69) is 0 Å². The van der Waals surface area contributed by atoms with Gasteiger partial charge in [-0.2, -0.15) is 0 Å². The van der Waals surface area contributed by atoms with Gasteiger partial charge in [0.2, 0.25) is 24.6 Å². The highest BCUT2D eigenvalue weighted by Crippen LogP contribution is 2.46. The first-order valence-corrected chi connectivity index (χ1v) is 27.1. The molecule has 20 atom stereocenters. The van der Waals surface area contributed by atoms with E-state index >= 15 is 0 Å². The quantitative estimate of drug-likeness (QED) is 0.0211. The smallest absolute Gasteiger partial charge is 0.335 e. The number of carbonyl (C=O) groups is 3. The molecule has 0 aromatic heterocycles. The maximum atomic E-state index is 14.2. The zero-order chi connectivity index (χ0) is 66.0. The number of aliphatic hydroxyl groups excluding tert-OH is 12. The van der Waals surface area contributed by atoms with E-state index in [9.17, 15) is 116 Å². The molecule has 4 saturated heterocycles. The van der Waals surface area contributed by atoms with Crippen LogP contribution in [0.25, 0.3) is 34.8 Å². The van der Waals surface area contributed by atoms with E-state index in [-0.39, 0.29) is 11.1 Å². The topological polar surface area (TPSA) is 558 Å². The lowest BCUT2D eigenvalue weighted by Gasteiger charge is -2.46. The molecule has 19 N–H and O–H groups in total. The molecule has 0 amide bonds. The molecule has 5 heterocycles. The maximum absolute atomic E-state index is 14.2. The van der Waals surface area contributed by atoms with E-state index in [0.717, 1.165) is 72.8 Å². The number of hydrogen-bond donors (Lipinski definition) is 19. The number of carboxylic acids is 1. The van der Waals surface area contributed by atoms with Crippen molar-refractivity contribution in [3.63, 3.8) is 0 Å². The number of esters is 2. The third-order valence-corrected chi connectivity index (χ3v) is 14.7. The Balaban J connectivity index is 1.07. The Hall–Kier alpha value is -8.50. The van der Waals surface area contributed by atoms with Gasteiger partial charge in [-0.05, 0) is 65.7 Å². The van der Waals surface area contributed by atoms with Crippen molar-refractivity contribution in [3.05, 3.63) is 100 Å². The molecule has 0 radical (unpaired) electrons. The predicted molar refractivity (Wildman–Crippen MR) is 292 cm³/mol. The number of aromatic hydroxyl groups is 6. The predicted octanol–water partition coefficient (Wildman–Crippen LogP) is -4.37. The number of rotatable bonds is 19. The van der Waals surface area contributed by atoms with Crippen molar-refractivity contribution in [1.82, 2.24) is 0 Å². The number of carbonyl (C=O) groups excluding carboxylic acids is 2. The Morgan fingerprint density at radius 1 is 0.495 bits per heavy atom. The lowest BCUT2D eigenvalue weighted by Crippen LogP contribution is -2.65. The fourth-order valence-electron chi connectivity index (χ4n) is 9.76. The number of aliphatic hydroxyl groups is 12. The van der Waals surface area contributed by atoms with Gasteiger partial charge in [0, 0.05) is 29.8 Å². The molecule has 9 rings (SSSR count). The van der Waals surface area contributed by atoms with Crippen LogP contribution in [0.2, 0.25) is 0 Å². The number of aliphatic carboxylic acids is 1. The molecule has 0 saturated carbocycles. The Bertz CT molecular complexity index is 3520. The van der Waals surface area contributed by atoms with Crippen LogP contribution in [0.4, 0.5) is 0 Å². The average molecular weight is 1290 g/mol. The van der Waals surface area contributed by atoms with Crippen molar-refractivity contribution in [2.45, 2.75) is 123 Å². The molecular weight excluding hydrogens is 1230 g/mol. The summed E-state index contributed by atoms with van der Waals surface area (Å²) in [5, 5.41) is 201. The van der Waals surface area contributed by atoms with Crippen molar-refractivity contribution >= 4 is 30.1 Å². The lowest BCUT2D eigenvalue weighted by molar-refractivity contribution is -0.358. The molecule has 0 bridgehead atoms. The van der Waals surface area contributed by atoms with Crippen LogP contribution < -0.4 is 19.6 Å². The highest BCUT2D eigenvalue weighted by molar-refractivity contribution is 5.88. The van der Waals surface area contributed by atoms with Crippen LogP contribution >= 0.6 is 0 Å². The zero-order valence-corrected chi connectivity index (χ0v) is 46.4. The van der Waals surface area contributed by atoms with Crippen molar-refractivity contribution in [2.24, 2.45) is 0 Å². The Morgan fingerprint density at radius 3 is 1.63 bits per heavy atom. The molecule has 3 aromatic carbocycles. The fraction of sp³-hybridized carbons (Fsp3) is 0.404. The molecule has 492 valence electrons. The second kappa shape index (κ2) is 27.9. The third kappa shape index (κ3) is 14.5.